The molecule has 1 aromatic carbocycles. The molecular weight excluding hydrogens is 352 g/mol. The lowest BCUT2D eigenvalue weighted by atomic mass is 10.3. The van der Waals surface area contributed by atoms with E-state index < -0.39 is 18.5 Å². The maximum atomic E-state index is 13.5. The summed E-state index contributed by atoms with van der Waals surface area (Å²) >= 11 is 0. The molecule has 0 spiro atoms. The average Bonchev–Trinajstić information content (AvgIpc) is 2.54. The van der Waals surface area contributed by atoms with Crippen LogP contribution in [0.4, 0.5) is 17.6 Å². The van der Waals surface area contributed by atoms with Crippen LogP contribution in [0.5, 0.6) is 5.75 Å². The summed E-state index contributed by atoms with van der Waals surface area (Å²) in [6.07, 6.45) is -4.22. The van der Waals surface area contributed by atoms with E-state index in [2.05, 4.69) is 10.3 Å². The minimum absolute atomic E-state index is 0.177. The first-order valence-corrected chi connectivity index (χ1v) is 8.35. The Labute approximate surface area is 151 Å². The standard InChI is InChI=1S/C17H26F4N4O/c1-4-22-16(23-9-10-24(2)13-17(19,20)21)25(3)11-12-26-15-8-6-5-7-14(15)18/h5-8H,4,9-13H2,1-3H3,(H,22,23). The second kappa shape index (κ2) is 10.8. The number of halogens is 4. The first kappa shape index (κ1) is 22.0. The smallest absolute Gasteiger partial charge is 0.401 e. The van der Waals surface area contributed by atoms with Gasteiger partial charge in [-0.1, -0.05) is 12.1 Å². The predicted molar refractivity (Wildman–Crippen MR) is 94.1 cm³/mol. The van der Waals surface area contributed by atoms with E-state index in [1.165, 1.54) is 18.0 Å². The Bertz CT molecular complexity index is 566. The third kappa shape index (κ3) is 8.89. The van der Waals surface area contributed by atoms with Crippen LogP contribution < -0.4 is 10.1 Å². The molecule has 0 radical (unpaired) electrons. The van der Waals surface area contributed by atoms with Crippen molar-refractivity contribution < 1.29 is 22.3 Å². The van der Waals surface area contributed by atoms with Crippen LogP contribution in [0.1, 0.15) is 6.92 Å². The fraction of sp³-hybridized carbons (Fsp3) is 0.588. The summed E-state index contributed by atoms with van der Waals surface area (Å²) in [6.45, 7) is 2.66. The van der Waals surface area contributed by atoms with Gasteiger partial charge in [0.15, 0.2) is 17.5 Å². The number of para-hydroxylation sites is 1. The number of nitrogens with zero attached hydrogens (tertiary/aromatic N) is 3. The largest absolute Gasteiger partial charge is 0.489 e. The van der Waals surface area contributed by atoms with Crippen LogP contribution in [0.15, 0.2) is 29.3 Å². The molecule has 0 aliphatic heterocycles. The highest BCUT2D eigenvalue weighted by atomic mass is 19.4. The van der Waals surface area contributed by atoms with Crippen LogP contribution in [0, 0.1) is 5.82 Å². The van der Waals surface area contributed by atoms with Gasteiger partial charge in [-0.3, -0.25) is 9.89 Å². The molecule has 0 unspecified atom stereocenters. The monoisotopic (exact) mass is 378 g/mol. The minimum Gasteiger partial charge on any atom is -0.489 e. The molecule has 1 aromatic rings. The van der Waals surface area contributed by atoms with Crippen molar-refractivity contribution in [3.63, 3.8) is 0 Å². The van der Waals surface area contributed by atoms with Gasteiger partial charge in [-0.05, 0) is 26.1 Å². The summed E-state index contributed by atoms with van der Waals surface area (Å²) in [7, 11) is 3.19. The van der Waals surface area contributed by atoms with Gasteiger partial charge in [-0.15, -0.1) is 0 Å². The van der Waals surface area contributed by atoms with Crippen molar-refractivity contribution in [3.05, 3.63) is 30.1 Å². The third-order valence-electron chi connectivity index (χ3n) is 3.41. The van der Waals surface area contributed by atoms with E-state index >= 15 is 0 Å². The number of benzene rings is 1. The van der Waals surface area contributed by atoms with Crippen LogP contribution >= 0.6 is 0 Å². The molecule has 0 saturated heterocycles. The number of likely N-dealkylation sites (N-methyl/N-ethyl adjacent to an activating group) is 2. The van der Waals surface area contributed by atoms with Crippen molar-refractivity contribution in [2.75, 3.05) is 53.4 Å². The molecule has 0 heterocycles. The number of hydrogen-bond donors (Lipinski definition) is 1. The van der Waals surface area contributed by atoms with Gasteiger partial charge in [0, 0.05) is 20.1 Å². The number of nitrogens with one attached hydrogen (secondary N) is 1. The normalized spacial score (nSPS) is 12.4. The van der Waals surface area contributed by atoms with Crippen LogP contribution in [0.25, 0.3) is 0 Å². The minimum atomic E-state index is -4.22. The van der Waals surface area contributed by atoms with Crippen LogP contribution in [-0.4, -0.2) is 75.4 Å². The highest BCUT2D eigenvalue weighted by molar-refractivity contribution is 5.79. The molecule has 0 bridgehead atoms. The molecule has 26 heavy (non-hydrogen) atoms. The lowest BCUT2D eigenvalue weighted by Gasteiger charge is -2.23. The molecule has 0 saturated carbocycles. The van der Waals surface area contributed by atoms with E-state index in [0.29, 0.717) is 19.0 Å². The molecule has 1 rings (SSSR count). The highest BCUT2D eigenvalue weighted by Gasteiger charge is 2.28. The molecular formula is C17H26F4N4O. The molecule has 0 atom stereocenters. The van der Waals surface area contributed by atoms with E-state index in [0.717, 1.165) is 0 Å². The number of aliphatic imine (C=N–C) groups is 1. The first-order chi connectivity index (χ1) is 12.2. The second-order valence-corrected chi connectivity index (χ2v) is 5.79. The van der Waals surface area contributed by atoms with Crippen LogP contribution in [0.2, 0.25) is 0 Å². The Morgan fingerprint density at radius 2 is 1.88 bits per heavy atom. The van der Waals surface area contributed by atoms with Crippen molar-refractivity contribution in [2.45, 2.75) is 13.1 Å². The van der Waals surface area contributed by atoms with E-state index in [9.17, 15) is 17.6 Å². The van der Waals surface area contributed by atoms with Crippen molar-refractivity contribution in [3.8, 4) is 5.75 Å². The molecule has 0 amide bonds. The zero-order valence-corrected chi connectivity index (χ0v) is 15.3. The number of rotatable bonds is 9. The van der Waals surface area contributed by atoms with Gasteiger partial charge in [0.1, 0.15) is 6.61 Å². The van der Waals surface area contributed by atoms with E-state index in [1.807, 2.05) is 6.92 Å². The van der Waals surface area contributed by atoms with E-state index in [4.69, 9.17) is 4.74 Å². The second-order valence-electron chi connectivity index (χ2n) is 5.79. The van der Waals surface area contributed by atoms with Crippen molar-refractivity contribution in [1.29, 1.82) is 0 Å². The van der Waals surface area contributed by atoms with Gasteiger partial charge in [0.25, 0.3) is 0 Å². The van der Waals surface area contributed by atoms with Gasteiger partial charge in [-0.2, -0.15) is 13.2 Å². The molecule has 9 heteroatoms. The molecule has 0 aliphatic carbocycles. The highest BCUT2D eigenvalue weighted by Crippen LogP contribution is 2.15. The van der Waals surface area contributed by atoms with E-state index in [1.54, 1.807) is 30.1 Å². The van der Waals surface area contributed by atoms with Gasteiger partial charge < -0.3 is 15.0 Å². The Hall–Kier alpha value is -2.03. The van der Waals surface area contributed by atoms with Gasteiger partial charge >= 0.3 is 6.18 Å². The maximum absolute atomic E-state index is 13.5. The average molecular weight is 378 g/mol. The quantitative estimate of drug-likeness (QED) is 0.407. The zero-order valence-electron chi connectivity index (χ0n) is 15.3. The summed E-state index contributed by atoms with van der Waals surface area (Å²) in [4.78, 5) is 7.28. The summed E-state index contributed by atoms with van der Waals surface area (Å²) in [5.74, 6) is 0.310. The number of hydrogen-bond acceptors (Lipinski definition) is 3. The molecule has 0 aliphatic rings. The topological polar surface area (TPSA) is 40.1 Å². The van der Waals surface area contributed by atoms with Crippen molar-refractivity contribution in [2.24, 2.45) is 4.99 Å². The van der Waals surface area contributed by atoms with Gasteiger partial charge in [-0.25, -0.2) is 4.39 Å². The Morgan fingerprint density at radius 3 is 2.50 bits per heavy atom. The summed E-state index contributed by atoms with van der Waals surface area (Å²) < 4.78 is 55.8. The fourth-order valence-corrected chi connectivity index (χ4v) is 2.14. The summed E-state index contributed by atoms with van der Waals surface area (Å²) in [5, 5.41) is 3.07. The number of ether oxygens (including phenoxy) is 1. The van der Waals surface area contributed by atoms with Gasteiger partial charge in [0.05, 0.1) is 19.6 Å². The molecule has 5 nitrogen and oxygen atoms in total. The number of guanidine groups is 1. The Kier molecular flexibility index (Phi) is 9.18. The van der Waals surface area contributed by atoms with Gasteiger partial charge in [0.2, 0.25) is 0 Å². The Balaban J connectivity index is 2.47. The molecule has 148 valence electrons. The van der Waals surface area contributed by atoms with Crippen LogP contribution in [0.3, 0.4) is 0 Å². The third-order valence-corrected chi connectivity index (χ3v) is 3.41. The Morgan fingerprint density at radius 1 is 1.19 bits per heavy atom. The molecule has 0 fully saturated rings. The van der Waals surface area contributed by atoms with Crippen molar-refractivity contribution >= 4 is 5.96 Å². The van der Waals surface area contributed by atoms with E-state index in [-0.39, 0.29) is 25.4 Å². The lowest BCUT2D eigenvalue weighted by Crippen LogP contribution is -2.41. The van der Waals surface area contributed by atoms with Crippen molar-refractivity contribution in [1.82, 2.24) is 15.1 Å². The lowest BCUT2D eigenvalue weighted by molar-refractivity contribution is -0.142. The molecule has 0 aromatic heterocycles. The predicted octanol–water partition coefficient (Wildman–Crippen LogP) is 2.60. The first-order valence-electron chi connectivity index (χ1n) is 8.35. The number of alkyl halides is 3. The summed E-state index contributed by atoms with van der Waals surface area (Å²) in [5.41, 5.74) is 0. The van der Waals surface area contributed by atoms with Crippen LogP contribution in [-0.2, 0) is 0 Å². The summed E-state index contributed by atoms with van der Waals surface area (Å²) in [6, 6.07) is 6.14. The zero-order chi connectivity index (χ0) is 19.6. The molecule has 1 N–H and O–H groups in total. The SMILES string of the molecule is CCNC(=NCCN(C)CC(F)(F)F)N(C)CCOc1ccccc1F. The fourth-order valence-electron chi connectivity index (χ4n) is 2.14. The maximum Gasteiger partial charge on any atom is 0.401 e.